The van der Waals surface area contributed by atoms with Gasteiger partial charge in [0.05, 0.1) is 22.2 Å². The maximum absolute atomic E-state index is 12.5. The Bertz CT molecular complexity index is 1030. The van der Waals surface area contributed by atoms with Gasteiger partial charge in [-0.3, -0.25) is 4.79 Å². The molecule has 0 bridgehead atoms. The molecule has 1 atom stereocenters. The van der Waals surface area contributed by atoms with Gasteiger partial charge in [0.15, 0.2) is 0 Å². The average Bonchev–Trinajstić information content (AvgIpc) is 2.82. The van der Waals surface area contributed by atoms with Crippen molar-refractivity contribution in [2.24, 2.45) is 0 Å². The van der Waals surface area contributed by atoms with E-state index in [0.717, 1.165) is 63.0 Å². The Morgan fingerprint density at radius 3 is 2.76 bits per heavy atom. The molecule has 1 aliphatic rings. The summed E-state index contributed by atoms with van der Waals surface area (Å²) in [5.74, 6) is -0.638. The second kappa shape index (κ2) is 12.2. The lowest BCUT2D eigenvalue weighted by Crippen LogP contribution is -2.40. The Kier molecular flexibility index (Phi) is 9.08. The first kappa shape index (κ1) is 24.5. The molecule has 2 aromatic rings. The van der Waals surface area contributed by atoms with Crippen LogP contribution in [0.2, 0.25) is 5.02 Å². The largest absolute Gasteiger partial charge is 0.480 e. The number of carbonyl (C=O) groups excluding carboxylic acids is 1. The van der Waals surface area contributed by atoms with Gasteiger partial charge in [0.25, 0.3) is 5.91 Å². The Balaban J connectivity index is 1.37. The zero-order valence-electron chi connectivity index (χ0n) is 18.6. The fourth-order valence-electron chi connectivity index (χ4n) is 3.96. The smallest absolute Gasteiger partial charge is 0.326 e. The van der Waals surface area contributed by atoms with Crippen LogP contribution in [0.25, 0.3) is 0 Å². The van der Waals surface area contributed by atoms with Crippen molar-refractivity contribution >= 4 is 29.3 Å². The van der Waals surface area contributed by atoms with Gasteiger partial charge < -0.3 is 15.7 Å². The van der Waals surface area contributed by atoms with Gasteiger partial charge in [0.1, 0.15) is 11.9 Å². The lowest BCUT2D eigenvalue weighted by molar-refractivity contribution is -0.139. The van der Waals surface area contributed by atoms with Crippen molar-refractivity contribution in [3.63, 3.8) is 0 Å². The highest BCUT2D eigenvalue weighted by Gasteiger charge is 2.21. The first-order valence-corrected chi connectivity index (χ1v) is 11.8. The standard InChI is InChI=1S/C25H29ClN4O3/c26-21-13-10-17(16-27)15-20(21)24(31)30-22(25(32)33)9-5-3-1-2-4-8-19-12-11-18-7-6-14-28-23(18)29-19/h10-13,15,22H,1-9,14H2,(H,28,29)(H,30,31)(H,32,33)/t22-/m0/s1. The van der Waals surface area contributed by atoms with Crippen molar-refractivity contribution in [2.75, 3.05) is 11.9 Å². The van der Waals surface area contributed by atoms with E-state index in [2.05, 4.69) is 22.8 Å². The summed E-state index contributed by atoms with van der Waals surface area (Å²) in [4.78, 5) is 28.8. The molecule has 2 heterocycles. The number of halogens is 1. The number of fused-ring (bicyclic) bond motifs is 1. The third kappa shape index (κ3) is 7.19. The van der Waals surface area contributed by atoms with Crippen molar-refractivity contribution in [3.8, 4) is 6.07 Å². The maximum Gasteiger partial charge on any atom is 0.326 e. The predicted molar refractivity (Wildman–Crippen MR) is 128 cm³/mol. The maximum atomic E-state index is 12.5. The molecule has 0 fully saturated rings. The molecule has 0 spiro atoms. The number of anilines is 1. The number of carboxylic acids is 1. The van der Waals surface area contributed by atoms with Gasteiger partial charge in [-0.05, 0) is 61.9 Å². The molecule has 0 saturated heterocycles. The minimum absolute atomic E-state index is 0.105. The number of aryl methyl sites for hydroxylation is 2. The molecule has 0 unspecified atom stereocenters. The molecular formula is C25H29ClN4O3. The number of unbranched alkanes of at least 4 members (excludes halogenated alkanes) is 4. The predicted octanol–water partition coefficient (Wildman–Crippen LogP) is 4.73. The van der Waals surface area contributed by atoms with Crippen LogP contribution in [0.15, 0.2) is 30.3 Å². The number of amides is 1. The third-order valence-corrected chi connectivity index (χ3v) is 6.15. The fraction of sp³-hybridized carbons (Fsp3) is 0.440. The van der Waals surface area contributed by atoms with Crippen LogP contribution >= 0.6 is 11.6 Å². The van der Waals surface area contributed by atoms with Crippen LogP contribution in [-0.2, 0) is 17.6 Å². The Labute approximate surface area is 199 Å². The summed E-state index contributed by atoms with van der Waals surface area (Å²) in [6.07, 6.45) is 8.20. The van der Waals surface area contributed by atoms with Crippen LogP contribution in [-0.4, -0.2) is 34.6 Å². The number of pyridine rings is 1. The van der Waals surface area contributed by atoms with E-state index < -0.39 is 17.9 Å². The van der Waals surface area contributed by atoms with Gasteiger partial charge in [-0.15, -0.1) is 0 Å². The Hall–Kier alpha value is -3.11. The van der Waals surface area contributed by atoms with E-state index in [4.69, 9.17) is 21.8 Å². The van der Waals surface area contributed by atoms with E-state index in [1.54, 1.807) is 0 Å². The van der Waals surface area contributed by atoms with E-state index in [9.17, 15) is 14.7 Å². The number of carbonyl (C=O) groups is 2. The van der Waals surface area contributed by atoms with Gasteiger partial charge >= 0.3 is 5.97 Å². The summed E-state index contributed by atoms with van der Waals surface area (Å²) in [5.41, 5.74) is 2.80. The molecule has 0 radical (unpaired) electrons. The molecule has 1 aliphatic heterocycles. The minimum atomic E-state index is -1.08. The number of aromatic nitrogens is 1. The highest BCUT2D eigenvalue weighted by Crippen LogP contribution is 2.21. The number of hydrogen-bond donors (Lipinski definition) is 3. The van der Waals surface area contributed by atoms with Crippen LogP contribution in [0.3, 0.4) is 0 Å². The number of rotatable bonds is 11. The molecule has 0 saturated carbocycles. The first-order valence-electron chi connectivity index (χ1n) is 11.4. The summed E-state index contributed by atoms with van der Waals surface area (Å²) in [6.45, 7) is 0.987. The summed E-state index contributed by atoms with van der Waals surface area (Å²) >= 11 is 6.04. The van der Waals surface area contributed by atoms with Crippen molar-refractivity contribution in [3.05, 3.63) is 57.7 Å². The Morgan fingerprint density at radius 1 is 1.18 bits per heavy atom. The Morgan fingerprint density at radius 2 is 1.97 bits per heavy atom. The van der Waals surface area contributed by atoms with Crippen LogP contribution in [0.5, 0.6) is 0 Å². The second-order valence-corrected chi connectivity index (χ2v) is 8.73. The molecule has 0 aliphatic carbocycles. The normalized spacial score (nSPS) is 13.3. The molecule has 174 valence electrons. The van der Waals surface area contributed by atoms with Crippen LogP contribution in [0.1, 0.15) is 72.1 Å². The number of nitrogens with one attached hydrogen (secondary N) is 2. The number of nitriles is 1. The molecule has 7 nitrogen and oxygen atoms in total. The quantitative estimate of drug-likeness (QED) is 0.410. The van der Waals surface area contributed by atoms with Crippen molar-refractivity contribution < 1.29 is 14.7 Å². The molecule has 33 heavy (non-hydrogen) atoms. The van der Waals surface area contributed by atoms with Gasteiger partial charge in [-0.2, -0.15) is 5.26 Å². The monoisotopic (exact) mass is 468 g/mol. The van der Waals surface area contributed by atoms with Crippen LogP contribution in [0, 0.1) is 11.3 Å². The van der Waals surface area contributed by atoms with Crippen LogP contribution < -0.4 is 10.6 Å². The zero-order valence-corrected chi connectivity index (χ0v) is 19.3. The van der Waals surface area contributed by atoms with Gasteiger partial charge in [-0.1, -0.05) is 43.4 Å². The van der Waals surface area contributed by atoms with E-state index in [-0.39, 0.29) is 10.6 Å². The fourth-order valence-corrected chi connectivity index (χ4v) is 4.16. The highest BCUT2D eigenvalue weighted by molar-refractivity contribution is 6.33. The van der Waals surface area contributed by atoms with Gasteiger partial charge in [-0.25, -0.2) is 9.78 Å². The molecule has 1 aromatic carbocycles. The summed E-state index contributed by atoms with van der Waals surface area (Å²) in [7, 11) is 0. The van der Waals surface area contributed by atoms with Gasteiger partial charge in [0, 0.05) is 12.2 Å². The first-order chi connectivity index (χ1) is 16.0. The number of aliphatic carboxylic acids is 1. The minimum Gasteiger partial charge on any atom is -0.480 e. The summed E-state index contributed by atoms with van der Waals surface area (Å²) in [6, 6.07) is 9.57. The molecule has 1 amide bonds. The van der Waals surface area contributed by atoms with Crippen molar-refractivity contribution in [1.82, 2.24) is 10.3 Å². The molecule has 3 rings (SSSR count). The lowest BCUT2D eigenvalue weighted by Gasteiger charge is -2.17. The molecule has 8 heteroatoms. The summed E-state index contributed by atoms with van der Waals surface area (Å²) < 4.78 is 0. The number of benzene rings is 1. The van der Waals surface area contributed by atoms with Crippen molar-refractivity contribution in [1.29, 1.82) is 5.26 Å². The van der Waals surface area contributed by atoms with E-state index in [0.29, 0.717) is 18.4 Å². The second-order valence-electron chi connectivity index (χ2n) is 8.32. The molecule has 1 aromatic heterocycles. The zero-order chi connectivity index (χ0) is 23.6. The summed E-state index contributed by atoms with van der Waals surface area (Å²) in [5, 5.41) is 24.5. The van der Waals surface area contributed by atoms with E-state index in [1.165, 1.54) is 23.8 Å². The van der Waals surface area contributed by atoms with E-state index >= 15 is 0 Å². The topological polar surface area (TPSA) is 115 Å². The van der Waals surface area contributed by atoms with Crippen molar-refractivity contribution in [2.45, 2.75) is 63.8 Å². The number of nitrogens with zero attached hydrogens (tertiary/aromatic N) is 2. The SMILES string of the molecule is N#Cc1ccc(Cl)c(C(=O)N[C@@H](CCCCCCCc2ccc3c(n2)NCCC3)C(=O)O)c1. The molecular weight excluding hydrogens is 440 g/mol. The van der Waals surface area contributed by atoms with E-state index in [1.807, 2.05) is 6.07 Å². The highest BCUT2D eigenvalue weighted by atomic mass is 35.5. The van der Waals surface area contributed by atoms with Crippen LogP contribution in [0.4, 0.5) is 5.82 Å². The average molecular weight is 469 g/mol. The molecule has 3 N–H and O–H groups in total. The number of hydrogen-bond acceptors (Lipinski definition) is 5. The third-order valence-electron chi connectivity index (χ3n) is 5.82. The van der Waals surface area contributed by atoms with Gasteiger partial charge in [0.2, 0.25) is 0 Å². The lowest BCUT2D eigenvalue weighted by atomic mass is 10.0. The number of carboxylic acid groups (broad SMARTS) is 1.